The van der Waals surface area contributed by atoms with Crippen LogP contribution in [0.15, 0.2) is 30.3 Å². The summed E-state index contributed by atoms with van der Waals surface area (Å²) in [5, 5.41) is 8.88. The van der Waals surface area contributed by atoms with Crippen LogP contribution >= 0.6 is 11.3 Å². The molecule has 0 aliphatic heterocycles. The highest BCUT2D eigenvalue weighted by Gasteiger charge is 2.39. The lowest BCUT2D eigenvalue weighted by Crippen LogP contribution is -2.04. The van der Waals surface area contributed by atoms with Gasteiger partial charge in [0, 0.05) is 5.56 Å². The van der Waals surface area contributed by atoms with Crippen molar-refractivity contribution in [1.82, 2.24) is 0 Å². The fourth-order valence-corrected chi connectivity index (χ4v) is 2.64. The maximum absolute atomic E-state index is 13.0. The first-order valence-corrected chi connectivity index (χ1v) is 5.92. The Morgan fingerprint density at radius 1 is 1.21 bits per heavy atom. The quantitative estimate of drug-likeness (QED) is 0.885. The Hall–Kier alpha value is -2.02. The largest absolute Gasteiger partial charge is 0.477 e. The number of carbonyl (C=O) groups is 1. The Balaban J connectivity index is 2.75. The molecule has 0 radical (unpaired) electrons. The van der Waals surface area contributed by atoms with Crippen molar-refractivity contribution < 1.29 is 23.1 Å². The van der Waals surface area contributed by atoms with Crippen molar-refractivity contribution in [3.8, 4) is 11.1 Å². The minimum Gasteiger partial charge on any atom is -0.477 e. The number of nitrogens with two attached hydrogens (primary N) is 1. The lowest BCUT2D eigenvalue weighted by atomic mass is 10.0. The van der Waals surface area contributed by atoms with Crippen LogP contribution in [0.2, 0.25) is 0 Å². The lowest BCUT2D eigenvalue weighted by molar-refractivity contribution is -0.133. The zero-order chi connectivity index (χ0) is 14.2. The minimum absolute atomic E-state index is 0.146. The molecule has 19 heavy (non-hydrogen) atoms. The molecule has 0 saturated carbocycles. The number of alkyl halides is 3. The van der Waals surface area contributed by atoms with Gasteiger partial charge in [0.15, 0.2) is 0 Å². The summed E-state index contributed by atoms with van der Waals surface area (Å²) < 4.78 is 38.9. The topological polar surface area (TPSA) is 63.3 Å². The van der Waals surface area contributed by atoms with Crippen molar-refractivity contribution in [2.75, 3.05) is 5.73 Å². The number of rotatable bonds is 2. The van der Waals surface area contributed by atoms with E-state index in [4.69, 9.17) is 10.8 Å². The van der Waals surface area contributed by atoms with Crippen molar-refractivity contribution in [2.45, 2.75) is 6.18 Å². The third kappa shape index (κ3) is 2.41. The van der Waals surface area contributed by atoms with E-state index >= 15 is 0 Å². The number of carboxylic acids is 1. The summed E-state index contributed by atoms with van der Waals surface area (Å²) in [4.78, 5) is 9.42. The number of aromatic carboxylic acids is 1. The van der Waals surface area contributed by atoms with Gasteiger partial charge in [-0.25, -0.2) is 4.79 Å². The van der Waals surface area contributed by atoms with E-state index in [1.165, 1.54) is 12.1 Å². The molecule has 0 aliphatic carbocycles. The van der Waals surface area contributed by atoms with Gasteiger partial charge in [-0.2, -0.15) is 13.2 Å². The van der Waals surface area contributed by atoms with Crippen LogP contribution < -0.4 is 5.73 Å². The van der Waals surface area contributed by atoms with Gasteiger partial charge >= 0.3 is 12.1 Å². The summed E-state index contributed by atoms with van der Waals surface area (Å²) in [6, 6.07) is 7.69. The first kappa shape index (κ1) is 13.4. The van der Waals surface area contributed by atoms with Crippen LogP contribution in [0.1, 0.15) is 14.5 Å². The van der Waals surface area contributed by atoms with Crippen LogP contribution in [0.3, 0.4) is 0 Å². The van der Waals surface area contributed by atoms with Gasteiger partial charge in [0.1, 0.15) is 9.75 Å². The SMILES string of the molecule is Nc1c(C(=O)O)sc(C(F)(F)F)c1-c1ccccc1. The predicted molar refractivity (Wildman–Crippen MR) is 66.1 cm³/mol. The normalized spacial score (nSPS) is 11.5. The molecule has 0 bridgehead atoms. The molecule has 1 aromatic carbocycles. The fraction of sp³-hybridized carbons (Fsp3) is 0.0833. The van der Waals surface area contributed by atoms with Gasteiger partial charge < -0.3 is 10.8 Å². The molecule has 0 atom stereocenters. The number of thiophene rings is 1. The molecule has 0 fully saturated rings. The molecule has 0 unspecified atom stereocenters. The zero-order valence-corrected chi connectivity index (χ0v) is 10.2. The molecule has 7 heteroatoms. The van der Waals surface area contributed by atoms with Crippen LogP contribution in [-0.2, 0) is 6.18 Å². The molecular formula is C12H8F3NO2S. The Morgan fingerprint density at radius 2 is 1.79 bits per heavy atom. The van der Waals surface area contributed by atoms with Crippen molar-refractivity contribution >= 4 is 23.0 Å². The zero-order valence-electron chi connectivity index (χ0n) is 9.36. The van der Waals surface area contributed by atoms with Crippen molar-refractivity contribution in [3.05, 3.63) is 40.1 Å². The van der Waals surface area contributed by atoms with E-state index in [9.17, 15) is 18.0 Å². The van der Waals surface area contributed by atoms with E-state index in [1.807, 2.05) is 0 Å². The maximum Gasteiger partial charge on any atom is 0.426 e. The van der Waals surface area contributed by atoms with Crippen molar-refractivity contribution in [3.63, 3.8) is 0 Å². The summed E-state index contributed by atoms with van der Waals surface area (Å²) in [6.07, 6.45) is -4.64. The lowest BCUT2D eigenvalue weighted by Gasteiger charge is -2.08. The van der Waals surface area contributed by atoms with Gasteiger partial charge in [-0.3, -0.25) is 0 Å². The Labute approximate surface area is 110 Å². The summed E-state index contributed by atoms with van der Waals surface area (Å²) in [7, 11) is 0. The molecule has 0 aliphatic rings. The summed E-state index contributed by atoms with van der Waals surface area (Å²) in [6.45, 7) is 0. The van der Waals surface area contributed by atoms with E-state index in [0.717, 1.165) is 0 Å². The molecule has 0 amide bonds. The molecule has 2 rings (SSSR count). The van der Waals surface area contributed by atoms with Gasteiger partial charge in [-0.15, -0.1) is 11.3 Å². The summed E-state index contributed by atoms with van der Waals surface area (Å²) in [5.74, 6) is -1.46. The minimum atomic E-state index is -4.64. The summed E-state index contributed by atoms with van der Waals surface area (Å²) in [5.41, 5.74) is 5.19. The monoisotopic (exact) mass is 287 g/mol. The second-order valence-electron chi connectivity index (χ2n) is 3.72. The van der Waals surface area contributed by atoms with E-state index in [0.29, 0.717) is 0 Å². The number of anilines is 1. The van der Waals surface area contributed by atoms with Crippen LogP contribution in [0.25, 0.3) is 11.1 Å². The Morgan fingerprint density at radius 3 is 2.26 bits per heavy atom. The van der Waals surface area contributed by atoms with Crippen LogP contribution in [0.5, 0.6) is 0 Å². The van der Waals surface area contributed by atoms with E-state index in [2.05, 4.69) is 0 Å². The van der Waals surface area contributed by atoms with Gasteiger partial charge in [0.05, 0.1) is 5.69 Å². The molecule has 0 saturated heterocycles. The van der Waals surface area contributed by atoms with E-state index in [1.54, 1.807) is 18.2 Å². The third-order valence-corrected chi connectivity index (χ3v) is 3.70. The first-order chi connectivity index (χ1) is 8.82. The van der Waals surface area contributed by atoms with Crippen molar-refractivity contribution in [1.29, 1.82) is 0 Å². The predicted octanol–water partition coefficient (Wildman–Crippen LogP) is 3.71. The fourth-order valence-electron chi connectivity index (χ4n) is 1.69. The van der Waals surface area contributed by atoms with Gasteiger partial charge in [0.2, 0.25) is 0 Å². The number of benzene rings is 1. The highest BCUT2D eigenvalue weighted by Crippen LogP contribution is 2.47. The molecule has 3 N–H and O–H groups in total. The number of halogens is 3. The van der Waals surface area contributed by atoms with Crippen molar-refractivity contribution in [2.24, 2.45) is 0 Å². The third-order valence-electron chi connectivity index (χ3n) is 2.46. The molecule has 3 nitrogen and oxygen atoms in total. The molecule has 1 aromatic heterocycles. The number of nitrogen functional groups attached to an aromatic ring is 1. The Kier molecular flexibility index (Phi) is 3.23. The van der Waals surface area contributed by atoms with E-state index in [-0.39, 0.29) is 28.2 Å². The number of hydrogen-bond acceptors (Lipinski definition) is 3. The van der Waals surface area contributed by atoms with Crippen LogP contribution in [0.4, 0.5) is 18.9 Å². The van der Waals surface area contributed by atoms with Crippen LogP contribution in [-0.4, -0.2) is 11.1 Å². The average molecular weight is 287 g/mol. The van der Waals surface area contributed by atoms with Gasteiger partial charge in [-0.1, -0.05) is 30.3 Å². The van der Waals surface area contributed by atoms with E-state index < -0.39 is 21.9 Å². The second kappa shape index (κ2) is 4.58. The molecular weight excluding hydrogens is 279 g/mol. The van der Waals surface area contributed by atoms with Gasteiger partial charge in [0.25, 0.3) is 0 Å². The Bertz CT molecular complexity index is 620. The summed E-state index contributed by atoms with van der Waals surface area (Å²) >= 11 is 0.146. The number of hydrogen-bond donors (Lipinski definition) is 2. The smallest absolute Gasteiger partial charge is 0.426 e. The molecule has 100 valence electrons. The average Bonchev–Trinajstić information content (AvgIpc) is 2.68. The second-order valence-corrected chi connectivity index (χ2v) is 4.74. The van der Waals surface area contributed by atoms with Gasteiger partial charge in [-0.05, 0) is 5.56 Å². The molecule has 0 spiro atoms. The van der Waals surface area contributed by atoms with Crippen LogP contribution in [0, 0.1) is 0 Å². The first-order valence-electron chi connectivity index (χ1n) is 5.10. The number of carboxylic acid groups (broad SMARTS) is 1. The maximum atomic E-state index is 13.0. The molecule has 2 aromatic rings. The molecule has 1 heterocycles. The standard InChI is InChI=1S/C12H8F3NO2S/c13-12(14,15)10-7(6-4-2-1-3-5-6)8(16)9(19-10)11(17)18/h1-5H,16H2,(H,17,18). The highest BCUT2D eigenvalue weighted by atomic mass is 32.1. The highest BCUT2D eigenvalue weighted by molar-refractivity contribution is 7.15.